The van der Waals surface area contributed by atoms with Gasteiger partial charge >= 0.3 is 0 Å². The lowest BCUT2D eigenvalue weighted by Gasteiger charge is -2.18. The Labute approximate surface area is 98.0 Å². The summed E-state index contributed by atoms with van der Waals surface area (Å²) in [6.07, 6.45) is 4.88. The molecule has 1 fully saturated rings. The van der Waals surface area contributed by atoms with E-state index >= 15 is 0 Å². The zero-order valence-corrected chi connectivity index (χ0v) is 9.73. The first-order valence-electron chi connectivity index (χ1n) is 6.21. The first kappa shape index (κ1) is 11.5. The van der Waals surface area contributed by atoms with Gasteiger partial charge in [0, 0.05) is 13.2 Å². The third-order valence-corrected chi connectivity index (χ3v) is 3.11. The zero-order chi connectivity index (χ0) is 11.1. The van der Waals surface area contributed by atoms with Gasteiger partial charge in [-0.05, 0) is 18.6 Å². The summed E-state index contributed by atoms with van der Waals surface area (Å²) < 4.78 is 11.0. The van der Waals surface area contributed by atoms with Crippen molar-refractivity contribution in [2.24, 2.45) is 0 Å². The Morgan fingerprint density at radius 1 is 1.12 bits per heavy atom. The second kappa shape index (κ2) is 6.59. The van der Waals surface area contributed by atoms with Gasteiger partial charge in [-0.25, -0.2) is 0 Å². The van der Waals surface area contributed by atoms with E-state index in [1.807, 2.05) is 30.3 Å². The van der Waals surface area contributed by atoms with E-state index in [-0.39, 0.29) is 0 Å². The molecular formula is C13H19BO2. The average Bonchev–Trinajstić information content (AvgIpc) is 2.37. The molecule has 0 amide bonds. The molecule has 0 unspecified atom stereocenters. The molecule has 2 nitrogen and oxygen atoms in total. The predicted octanol–water partition coefficient (Wildman–Crippen LogP) is 2.98. The van der Waals surface area contributed by atoms with Crippen LogP contribution in [0.4, 0.5) is 0 Å². The topological polar surface area (TPSA) is 18.5 Å². The molecule has 1 saturated heterocycles. The average molecular weight is 218 g/mol. The molecule has 0 aliphatic carbocycles. The summed E-state index contributed by atoms with van der Waals surface area (Å²) >= 11 is 0. The molecule has 0 radical (unpaired) electrons. The van der Waals surface area contributed by atoms with Gasteiger partial charge in [0.25, 0.3) is 0 Å². The summed E-state index contributed by atoms with van der Waals surface area (Å²) in [6, 6.07) is 10.0. The van der Waals surface area contributed by atoms with Crippen LogP contribution in [0.3, 0.4) is 0 Å². The molecule has 1 heterocycles. The summed E-state index contributed by atoms with van der Waals surface area (Å²) in [4.78, 5) is 0. The fourth-order valence-corrected chi connectivity index (χ4v) is 2.11. The molecule has 0 N–H and O–H groups in total. The number of hydrogen-bond donors (Lipinski definition) is 0. The highest BCUT2D eigenvalue weighted by atomic mass is 16.5. The minimum Gasteiger partial charge on any atom is -0.494 e. The van der Waals surface area contributed by atoms with Gasteiger partial charge in [0.15, 0.2) is 0 Å². The highest BCUT2D eigenvalue weighted by molar-refractivity contribution is 6.59. The van der Waals surface area contributed by atoms with Crippen molar-refractivity contribution in [1.82, 2.24) is 0 Å². The van der Waals surface area contributed by atoms with Gasteiger partial charge in [-0.3, -0.25) is 0 Å². The minimum absolute atomic E-state index is 0.835. The molecule has 16 heavy (non-hydrogen) atoms. The molecule has 0 saturated carbocycles. The van der Waals surface area contributed by atoms with Crippen molar-refractivity contribution in [3.63, 3.8) is 0 Å². The van der Waals surface area contributed by atoms with Gasteiger partial charge in [-0.1, -0.05) is 37.2 Å². The Hall–Kier alpha value is -0.955. The van der Waals surface area contributed by atoms with E-state index in [2.05, 4.69) is 0 Å². The van der Waals surface area contributed by atoms with E-state index in [1.165, 1.54) is 19.0 Å². The maximum atomic E-state index is 5.67. The quantitative estimate of drug-likeness (QED) is 0.558. The van der Waals surface area contributed by atoms with E-state index in [4.69, 9.17) is 9.47 Å². The Morgan fingerprint density at radius 2 is 1.88 bits per heavy atom. The summed E-state index contributed by atoms with van der Waals surface area (Å²) in [5.41, 5.74) is 0. The molecule has 0 atom stereocenters. The van der Waals surface area contributed by atoms with Gasteiger partial charge < -0.3 is 9.47 Å². The SMILES string of the molecule is c1ccc(OCCCB2CCOCC2)cc1. The number of para-hydroxylation sites is 1. The molecule has 86 valence electrons. The van der Waals surface area contributed by atoms with Crippen molar-refractivity contribution < 1.29 is 9.47 Å². The fraction of sp³-hybridized carbons (Fsp3) is 0.538. The standard InChI is InChI=1S/C13H19BO2/c1-2-5-13(6-3-1)16-10-4-7-14-8-11-15-12-9-14/h1-3,5-6H,4,7-12H2. The zero-order valence-electron chi connectivity index (χ0n) is 9.73. The van der Waals surface area contributed by atoms with E-state index in [0.29, 0.717) is 0 Å². The van der Waals surface area contributed by atoms with Gasteiger partial charge in [0.05, 0.1) is 6.61 Å². The highest BCUT2D eigenvalue weighted by Gasteiger charge is 2.16. The molecular weight excluding hydrogens is 199 g/mol. The minimum atomic E-state index is 0.835. The van der Waals surface area contributed by atoms with E-state index in [1.54, 1.807) is 0 Å². The predicted molar refractivity (Wildman–Crippen MR) is 67.5 cm³/mol. The van der Waals surface area contributed by atoms with Gasteiger partial charge in [-0.15, -0.1) is 0 Å². The maximum Gasteiger partial charge on any atom is 0.144 e. The summed E-state index contributed by atoms with van der Waals surface area (Å²) in [5, 5.41) is 0. The second-order valence-corrected chi connectivity index (χ2v) is 4.36. The normalized spacial score (nSPS) is 16.1. The van der Waals surface area contributed by atoms with Crippen LogP contribution in [0.5, 0.6) is 5.75 Å². The van der Waals surface area contributed by atoms with Crippen molar-refractivity contribution >= 4 is 6.71 Å². The first-order chi connectivity index (χ1) is 7.95. The van der Waals surface area contributed by atoms with E-state index in [0.717, 1.165) is 38.7 Å². The maximum absolute atomic E-state index is 5.67. The van der Waals surface area contributed by atoms with Crippen LogP contribution in [0.1, 0.15) is 6.42 Å². The largest absolute Gasteiger partial charge is 0.494 e. The van der Waals surface area contributed by atoms with Crippen LogP contribution in [-0.4, -0.2) is 26.5 Å². The molecule has 1 aliphatic rings. The van der Waals surface area contributed by atoms with Crippen LogP contribution in [0.25, 0.3) is 0 Å². The lowest BCUT2D eigenvalue weighted by Crippen LogP contribution is -2.23. The lowest BCUT2D eigenvalue weighted by atomic mass is 9.42. The molecule has 0 aromatic heterocycles. The van der Waals surface area contributed by atoms with Crippen LogP contribution in [0.2, 0.25) is 19.0 Å². The summed E-state index contributed by atoms with van der Waals surface area (Å²) in [5.74, 6) is 0.981. The van der Waals surface area contributed by atoms with Crippen molar-refractivity contribution in [3.05, 3.63) is 30.3 Å². The molecule has 2 rings (SSSR count). The molecule has 1 aromatic rings. The molecule has 3 heteroatoms. The number of ether oxygens (including phenoxy) is 2. The lowest BCUT2D eigenvalue weighted by molar-refractivity contribution is 0.150. The van der Waals surface area contributed by atoms with Crippen LogP contribution < -0.4 is 4.74 Å². The molecule has 1 aromatic carbocycles. The van der Waals surface area contributed by atoms with Crippen LogP contribution in [0.15, 0.2) is 30.3 Å². The Kier molecular flexibility index (Phi) is 4.75. The van der Waals surface area contributed by atoms with Crippen LogP contribution in [0, 0.1) is 0 Å². The van der Waals surface area contributed by atoms with Crippen molar-refractivity contribution in [3.8, 4) is 5.75 Å². The van der Waals surface area contributed by atoms with Gasteiger partial charge in [-0.2, -0.15) is 0 Å². The second-order valence-electron chi connectivity index (χ2n) is 4.36. The van der Waals surface area contributed by atoms with Crippen LogP contribution in [-0.2, 0) is 4.74 Å². The third kappa shape index (κ3) is 3.89. The molecule has 1 aliphatic heterocycles. The highest BCUT2D eigenvalue weighted by Crippen LogP contribution is 2.15. The van der Waals surface area contributed by atoms with E-state index in [9.17, 15) is 0 Å². The summed E-state index contributed by atoms with van der Waals surface area (Å²) in [6.45, 7) is 3.59. The number of benzene rings is 1. The van der Waals surface area contributed by atoms with Crippen molar-refractivity contribution in [2.75, 3.05) is 19.8 Å². The molecule has 0 spiro atoms. The first-order valence-corrected chi connectivity index (χ1v) is 6.21. The Balaban J connectivity index is 1.58. The monoisotopic (exact) mass is 218 g/mol. The van der Waals surface area contributed by atoms with Crippen molar-refractivity contribution in [1.29, 1.82) is 0 Å². The van der Waals surface area contributed by atoms with E-state index < -0.39 is 0 Å². The fourth-order valence-electron chi connectivity index (χ4n) is 2.11. The van der Waals surface area contributed by atoms with Crippen LogP contribution >= 0.6 is 0 Å². The summed E-state index contributed by atoms with van der Waals surface area (Å²) in [7, 11) is 0. The van der Waals surface area contributed by atoms with Gasteiger partial charge in [0.1, 0.15) is 12.5 Å². The van der Waals surface area contributed by atoms with Gasteiger partial charge in [0.2, 0.25) is 0 Å². The number of rotatable bonds is 5. The Bertz CT molecular complexity index is 283. The molecule has 0 bridgehead atoms. The smallest absolute Gasteiger partial charge is 0.144 e. The Morgan fingerprint density at radius 3 is 2.62 bits per heavy atom. The third-order valence-electron chi connectivity index (χ3n) is 3.11. The van der Waals surface area contributed by atoms with Crippen molar-refractivity contribution in [2.45, 2.75) is 25.4 Å². The number of hydrogen-bond acceptors (Lipinski definition) is 2.